The number of hydrogen-bond acceptors (Lipinski definition) is 4. The zero-order chi connectivity index (χ0) is 19.1. The van der Waals surface area contributed by atoms with Crippen molar-refractivity contribution in [3.05, 3.63) is 59.6 Å². The summed E-state index contributed by atoms with van der Waals surface area (Å²) in [7, 11) is 1.61. The fourth-order valence-corrected chi connectivity index (χ4v) is 3.62. The molecule has 0 amide bonds. The van der Waals surface area contributed by atoms with Gasteiger partial charge in [-0.1, -0.05) is 18.2 Å². The fourth-order valence-electron chi connectivity index (χ4n) is 3.62. The molecule has 6 nitrogen and oxygen atoms in total. The van der Waals surface area contributed by atoms with Crippen LogP contribution in [0.3, 0.4) is 0 Å². The van der Waals surface area contributed by atoms with Crippen molar-refractivity contribution in [2.24, 2.45) is 0 Å². The van der Waals surface area contributed by atoms with Crippen molar-refractivity contribution >= 4 is 28.1 Å². The number of nitrogens with one attached hydrogen (secondary N) is 1. The van der Waals surface area contributed by atoms with Crippen LogP contribution in [0, 0.1) is 12.3 Å². The van der Waals surface area contributed by atoms with Crippen molar-refractivity contribution in [1.82, 2.24) is 9.55 Å². The molecular formula is C21H22N4O2. The van der Waals surface area contributed by atoms with Gasteiger partial charge in [-0.15, -0.1) is 0 Å². The van der Waals surface area contributed by atoms with Gasteiger partial charge in [0, 0.05) is 6.54 Å². The monoisotopic (exact) mass is 362 g/mol. The van der Waals surface area contributed by atoms with Crippen LogP contribution in [0.1, 0.15) is 18.3 Å². The van der Waals surface area contributed by atoms with Gasteiger partial charge >= 0.3 is 0 Å². The zero-order valence-corrected chi connectivity index (χ0v) is 15.7. The number of aromatic nitrogens is 2. The highest BCUT2D eigenvalue weighted by Crippen LogP contribution is 2.37. The Balaban J connectivity index is 1.82. The molecule has 1 aliphatic rings. The first-order valence-corrected chi connectivity index (χ1v) is 8.94. The van der Waals surface area contributed by atoms with E-state index in [1.54, 1.807) is 12.0 Å². The maximum absolute atomic E-state index is 10.7. The van der Waals surface area contributed by atoms with Crippen molar-refractivity contribution in [3.8, 4) is 5.75 Å². The molecule has 6 heteroatoms. The van der Waals surface area contributed by atoms with Crippen LogP contribution in [-0.4, -0.2) is 34.1 Å². The molecule has 0 unspecified atom stereocenters. The Kier molecular flexibility index (Phi) is 4.11. The third-order valence-corrected chi connectivity index (χ3v) is 4.92. The van der Waals surface area contributed by atoms with Gasteiger partial charge in [0.05, 0.1) is 35.9 Å². The number of imidazole rings is 1. The number of aryl methyl sites for hydroxylation is 2. The van der Waals surface area contributed by atoms with E-state index in [2.05, 4.69) is 0 Å². The van der Waals surface area contributed by atoms with Crippen molar-refractivity contribution in [1.29, 1.82) is 5.41 Å². The van der Waals surface area contributed by atoms with Crippen LogP contribution in [0.4, 0.5) is 5.69 Å². The second-order valence-corrected chi connectivity index (χ2v) is 6.60. The van der Waals surface area contributed by atoms with Gasteiger partial charge < -0.3 is 19.3 Å². The van der Waals surface area contributed by atoms with Crippen LogP contribution in [0.2, 0.25) is 0 Å². The Labute approximate surface area is 157 Å². The number of benzene rings is 2. The highest BCUT2D eigenvalue weighted by atomic mass is 16.5. The molecule has 27 heavy (non-hydrogen) atoms. The molecular weight excluding hydrogens is 340 g/mol. The van der Waals surface area contributed by atoms with Crippen LogP contribution in [-0.2, 0) is 6.54 Å². The minimum Gasteiger partial charge on any atom is -0.509 e. The van der Waals surface area contributed by atoms with E-state index in [0.29, 0.717) is 23.7 Å². The van der Waals surface area contributed by atoms with Crippen molar-refractivity contribution < 1.29 is 9.84 Å². The molecule has 2 aromatic carbocycles. The first kappa shape index (κ1) is 17.1. The van der Waals surface area contributed by atoms with Crippen LogP contribution in [0.5, 0.6) is 5.75 Å². The van der Waals surface area contributed by atoms with Gasteiger partial charge in [0.1, 0.15) is 23.2 Å². The van der Waals surface area contributed by atoms with Gasteiger partial charge in [-0.2, -0.15) is 0 Å². The summed E-state index contributed by atoms with van der Waals surface area (Å²) in [5.74, 6) is 1.66. The summed E-state index contributed by atoms with van der Waals surface area (Å²) in [5, 5.41) is 19.5. The second kappa shape index (κ2) is 6.46. The topological polar surface area (TPSA) is 74.4 Å². The Morgan fingerprint density at radius 3 is 2.74 bits per heavy atom. The predicted octanol–water partition coefficient (Wildman–Crippen LogP) is 4.14. The number of fused-ring (bicyclic) bond motifs is 1. The molecule has 0 saturated carbocycles. The van der Waals surface area contributed by atoms with E-state index in [0.717, 1.165) is 22.3 Å². The van der Waals surface area contributed by atoms with Gasteiger partial charge in [0.2, 0.25) is 0 Å². The minimum atomic E-state index is 0.147. The molecule has 2 heterocycles. The molecule has 2 N–H and O–H groups in total. The molecule has 0 spiro atoms. The van der Waals surface area contributed by atoms with Gasteiger partial charge in [-0.3, -0.25) is 5.41 Å². The Morgan fingerprint density at radius 1 is 1.22 bits per heavy atom. The molecule has 4 rings (SSSR count). The average molecular weight is 362 g/mol. The van der Waals surface area contributed by atoms with Crippen molar-refractivity contribution in [3.63, 3.8) is 0 Å². The second-order valence-electron chi connectivity index (χ2n) is 6.60. The van der Waals surface area contributed by atoms with Gasteiger partial charge in [-0.25, -0.2) is 4.98 Å². The summed E-state index contributed by atoms with van der Waals surface area (Å²) in [6.45, 7) is 4.96. The Morgan fingerprint density at radius 2 is 2.00 bits per heavy atom. The first-order chi connectivity index (χ1) is 13.0. The lowest BCUT2D eigenvalue weighted by atomic mass is 10.2. The molecule has 1 aliphatic heterocycles. The van der Waals surface area contributed by atoms with E-state index >= 15 is 0 Å². The maximum Gasteiger partial charge on any atom is 0.148 e. The molecule has 3 aromatic rings. The lowest BCUT2D eigenvalue weighted by molar-refractivity contribution is 0.406. The zero-order valence-electron chi connectivity index (χ0n) is 15.7. The highest BCUT2D eigenvalue weighted by molar-refractivity contribution is 6.30. The quantitative estimate of drug-likeness (QED) is 0.731. The molecule has 1 aromatic heterocycles. The van der Waals surface area contributed by atoms with E-state index < -0.39 is 0 Å². The summed E-state index contributed by atoms with van der Waals surface area (Å²) in [5.41, 5.74) is 4.15. The summed E-state index contributed by atoms with van der Waals surface area (Å²) < 4.78 is 7.50. The SMILES string of the molecule is CCn1c(C2=C(O)CN(c3cc(C)ccc3OC)C2=N)nc2ccccc21. The third-order valence-electron chi connectivity index (χ3n) is 4.92. The molecule has 0 atom stereocenters. The Bertz CT molecular complexity index is 1080. The van der Waals surface area contributed by atoms with Crippen LogP contribution in [0.15, 0.2) is 48.2 Å². The van der Waals surface area contributed by atoms with Gasteiger partial charge in [0.15, 0.2) is 0 Å². The van der Waals surface area contributed by atoms with Crippen LogP contribution >= 0.6 is 0 Å². The number of aliphatic hydroxyl groups excluding tert-OH is 1. The van der Waals surface area contributed by atoms with E-state index in [1.165, 1.54) is 0 Å². The summed E-state index contributed by atoms with van der Waals surface area (Å²) in [6, 6.07) is 13.7. The van der Waals surface area contributed by atoms with E-state index in [4.69, 9.17) is 15.1 Å². The molecule has 0 bridgehead atoms. The number of hydrogen-bond donors (Lipinski definition) is 2. The summed E-state index contributed by atoms with van der Waals surface area (Å²) >= 11 is 0. The molecule has 0 fully saturated rings. The number of para-hydroxylation sites is 2. The molecule has 0 aliphatic carbocycles. The standard InChI is InChI=1S/C21H22N4O2/c1-4-24-15-8-6-5-7-14(15)23-21(24)19-17(26)12-25(20(19)22)16-11-13(2)9-10-18(16)27-3/h5-11,22,26H,4,12H2,1-3H3. The number of ether oxygens (including phenoxy) is 1. The number of methoxy groups -OCH3 is 1. The van der Waals surface area contributed by atoms with Crippen LogP contribution < -0.4 is 9.64 Å². The number of nitrogens with zero attached hydrogens (tertiary/aromatic N) is 3. The Hall–Kier alpha value is -3.28. The normalized spacial score (nSPS) is 14.5. The highest BCUT2D eigenvalue weighted by Gasteiger charge is 2.33. The number of rotatable bonds is 4. The van der Waals surface area contributed by atoms with Gasteiger partial charge in [-0.05, 0) is 43.7 Å². The smallest absolute Gasteiger partial charge is 0.148 e. The van der Waals surface area contributed by atoms with E-state index in [-0.39, 0.29) is 18.1 Å². The first-order valence-electron chi connectivity index (χ1n) is 8.94. The van der Waals surface area contributed by atoms with Gasteiger partial charge in [0.25, 0.3) is 0 Å². The fraction of sp³-hybridized carbons (Fsp3) is 0.238. The molecule has 0 radical (unpaired) electrons. The van der Waals surface area contributed by atoms with E-state index in [1.807, 2.05) is 60.9 Å². The lowest BCUT2D eigenvalue weighted by Crippen LogP contribution is -2.27. The summed E-state index contributed by atoms with van der Waals surface area (Å²) in [6.07, 6.45) is 0. The van der Waals surface area contributed by atoms with Crippen molar-refractivity contribution in [2.45, 2.75) is 20.4 Å². The molecule has 0 saturated heterocycles. The number of aliphatic hydroxyl groups is 1. The largest absolute Gasteiger partial charge is 0.509 e. The van der Waals surface area contributed by atoms with Crippen LogP contribution in [0.25, 0.3) is 16.6 Å². The van der Waals surface area contributed by atoms with Crippen molar-refractivity contribution in [2.75, 3.05) is 18.6 Å². The summed E-state index contributed by atoms with van der Waals surface area (Å²) in [4.78, 5) is 6.46. The maximum atomic E-state index is 10.7. The number of anilines is 1. The lowest BCUT2D eigenvalue weighted by Gasteiger charge is -2.22. The molecule has 138 valence electrons. The minimum absolute atomic E-state index is 0.147. The average Bonchev–Trinajstić information content (AvgIpc) is 3.17. The van der Waals surface area contributed by atoms with E-state index in [9.17, 15) is 5.11 Å². The number of amidine groups is 1. The third kappa shape index (κ3) is 2.65. The predicted molar refractivity (Wildman–Crippen MR) is 108 cm³/mol.